The molecule has 0 aliphatic carbocycles. The Morgan fingerprint density at radius 3 is 2.36 bits per heavy atom. The van der Waals surface area contributed by atoms with Crippen molar-refractivity contribution in [2.24, 2.45) is 5.92 Å². The Balaban J connectivity index is 1.13. The molecule has 1 fully saturated rings. The minimum absolute atomic E-state index is 0.00627. The van der Waals surface area contributed by atoms with Crippen molar-refractivity contribution in [3.63, 3.8) is 0 Å². The molecule has 3 heterocycles. The van der Waals surface area contributed by atoms with Crippen LogP contribution >= 0.6 is 0 Å². The lowest BCUT2D eigenvalue weighted by Gasteiger charge is -2.37. The first-order valence-electron chi connectivity index (χ1n) is 20.6. The van der Waals surface area contributed by atoms with Gasteiger partial charge >= 0.3 is 0 Å². The maximum Gasteiger partial charge on any atom is 0.264 e. The van der Waals surface area contributed by atoms with Gasteiger partial charge in [-0.1, -0.05) is 85.0 Å². The molecule has 0 bridgehead atoms. The fourth-order valence-electron chi connectivity index (χ4n) is 9.51. The van der Waals surface area contributed by atoms with Crippen molar-refractivity contribution in [1.29, 1.82) is 0 Å². The molecule has 4 N–H and O–H groups in total. The van der Waals surface area contributed by atoms with Crippen LogP contribution in [0.2, 0.25) is 18.6 Å². The van der Waals surface area contributed by atoms with Gasteiger partial charge in [0.1, 0.15) is 11.5 Å². The Kier molecular flexibility index (Phi) is 11.5. The van der Waals surface area contributed by atoms with Gasteiger partial charge in [-0.25, -0.2) is 0 Å². The molecular formula is C48H52N6O6Si. The zero-order valence-electron chi connectivity index (χ0n) is 35.1. The first kappa shape index (κ1) is 41.5. The zero-order chi connectivity index (χ0) is 42.9. The van der Waals surface area contributed by atoms with E-state index in [-0.39, 0.29) is 48.4 Å². The number of aliphatic hydroxyl groups excluding tert-OH is 1. The summed E-state index contributed by atoms with van der Waals surface area (Å²) < 4.78 is 20.5. The van der Waals surface area contributed by atoms with Crippen molar-refractivity contribution >= 4 is 42.1 Å². The van der Waals surface area contributed by atoms with Gasteiger partial charge in [-0.15, -0.1) is 5.10 Å². The number of fused-ring (bicyclic) bond motifs is 2. The number of nitrogens with two attached hydrogens (primary N) is 1. The van der Waals surface area contributed by atoms with Gasteiger partial charge in [-0.2, -0.15) is 0 Å². The molecule has 314 valence electrons. The van der Waals surface area contributed by atoms with Crippen molar-refractivity contribution < 1.29 is 28.9 Å². The Morgan fingerprint density at radius 2 is 1.66 bits per heavy atom. The maximum atomic E-state index is 15.5. The predicted octanol–water partition coefficient (Wildman–Crippen LogP) is 7.11. The molecule has 0 radical (unpaired) electrons. The molecule has 5 atom stereocenters. The average molecular weight is 837 g/mol. The van der Waals surface area contributed by atoms with Gasteiger partial charge in [0.05, 0.1) is 58.8 Å². The maximum absolute atomic E-state index is 15.5. The minimum Gasteiger partial charge on any atom is -0.497 e. The normalized spacial score (nSPS) is 20.1. The molecule has 1 unspecified atom stereocenters. The van der Waals surface area contributed by atoms with E-state index in [4.69, 9.17) is 19.9 Å². The number of aromatic nitrogens is 3. The Morgan fingerprint density at radius 1 is 0.934 bits per heavy atom. The fraction of sp³-hybridized carbons (Fsp3) is 0.292. The SMILES string of the molecule is COc1ccc([Si](C)(C)[C@H]2[C@H](CCn3cc(C(CO)c4ccccc4)nn3)O[C@@]3(C(=O)N(Cc4cccc(NC(=O)c5ccc(N)cc5)c4)c4ccc(OC)cc43)[C@@H]2C)cc1. The monoisotopic (exact) mass is 836 g/mol. The van der Waals surface area contributed by atoms with Crippen LogP contribution in [0.15, 0.2) is 128 Å². The molecule has 12 nitrogen and oxygen atoms in total. The zero-order valence-corrected chi connectivity index (χ0v) is 36.1. The third-order valence-corrected chi connectivity index (χ3v) is 17.0. The summed E-state index contributed by atoms with van der Waals surface area (Å²) in [5.41, 5.74) is 10.2. The topological polar surface area (TPSA) is 154 Å². The molecule has 2 aliphatic rings. The molecule has 8 rings (SSSR count). The highest BCUT2D eigenvalue weighted by molar-refractivity contribution is 6.91. The van der Waals surface area contributed by atoms with Crippen LogP contribution in [0, 0.1) is 5.92 Å². The molecule has 61 heavy (non-hydrogen) atoms. The molecule has 0 saturated carbocycles. The van der Waals surface area contributed by atoms with Crippen molar-refractivity contribution in [2.45, 2.75) is 62.7 Å². The number of hydrogen-bond acceptors (Lipinski definition) is 9. The average Bonchev–Trinajstić information content (AvgIpc) is 3.93. The number of nitrogens with zero attached hydrogens (tertiary/aromatic N) is 4. The highest BCUT2D eigenvalue weighted by Gasteiger charge is 2.66. The van der Waals surface area contributed by atoms with Crippen LogP contribution in [0.3, 0.4) is 0 Å². The van der Waals surface area contributed by atoms with E-state index in [1.807, 2.05) is 101 Å². The number of hydrogen-bond donors (Lipinski definition) is 3. The summed E-state index contributed by atoms with van der Waals surface area (Å²) in [7, 11) is 0.860. The van der Waals surface area contributed by atoms with Gasteiger partial charge < -0.3 is 35.3 Å². The van der Waals surface area contributed by atoms with Crippen molar-refractivity contribution in [1.82, 2.24) is 15.0 Å². The van der Waals surface area contributed by atoms with Crippen LogP contribution in [-0.4, -0.2) is 66.9 Å². The van der Waals surface area contributed by atoms with E-state index >= 15 is 4.79 Å². The number of aliphatic hydroxyl groups is 1. The van der Waals surface area contributed by atoms with Gasteiger partial charge in [-0.05, 0) is 89.8 Å². The van der Waals surface area contributed by atoms with Crippen LogP contribution in [0.4, 0.5) is 17.1 Å². The first-order chi connectivity index (χ1) is 29.5. The number of nitrogens with one attached hydrogen (secondary N) is 1. The third kappa shape index (κ3) is 7.80. The summed E-state index contributed by atoms with van der Waals surface area (Å²) in [5.74, 6) is 0.485. The number of rotatable bonds is 14. The Bertz CT molecular complexity index is 2510. The summed E-state index contributed by atoms with van der Waals surface area (Å²) in [6.07, 6.45) is 2.14. The number of nitrogen functional groups attached to an aromatic ring is 1. The van der Waals surface area contributed by atoms with E-state index in [1.165, 1.54) is 5.19 Å². The molecule has 13 heteroatoms. The summed E-state index contributed by atoms with van der Waals surface area (Å²) in [4.78, 5) is 30.4. The van der Waals surface area contributed by atoms with Gasteiger partial charge in [0.15, 0.2) is 5.60 Å². The molecule has 1 spiro atoms. The highest BCUT2D eigenvalue weighted by atomic mass is 28.3. The summed E-state index contributed by atoms with van der Waals surface area (Å²) in [6, 6.07) is 38.2. The van der Waals surface area contributed by atoms with Gasteiger partial charge in [0.25, 0.3) is 11.8 Å². The second-order valence-electron chi connectivity index (χ2n) is 16.5. The van der Waals surface area contributed by atoms with Gasteiger partial charge in [0.2, 0.25) is 0 Å². The lowest BCUT2D eigenvalue weighted by Crippen LogP contribution is -2.51. The van der Waals surface area contributed by atoms with E-state index in [1.54, 1.807) is 38.5 Å². The quantitative estimate of drug-likeness (QED) is 0.0770. The van der Waals surface area contributed by atoms with Crippen LogP contribution in [0.5, 0.6) is 11.5 Å². The van der Waals surface area contributed by atoms with E-state index in [2.05, 4.69) is 47.8 Å². The highest BCUT2D eigenvalue weighted by Crippen LogP contribution is 2.60. The van der Waals surface area contributed by atoms with Crippen LogP contribution in [0.1, 0.15) is 52.0 Å². The molecule has 2 amide bonds. The van der Waals surface area contributed by atoms with Crippen LogP contribution < -0.4 is 30.6 Å². The Hall–Kier alpha value is -6.28. The second-order valence-corrected chi connectivity index (χ2v) is 21.2. The largest absolute Gasteiger partial charge is 0.497 e. The van der Waals surface area contributed by atoms with Gasteiger partial charge in [0, 0.05) is 41.2 Å². The lowest BCUT2D eigenvalue weighted by molar-refractivity contribution is -0.146. The lowest BCUT2D eigenvalue weighted by atomic mass is 9.82. The third-order valence-electron chi connectivity index (χ3n) is 12.7. The number of anilines is 3. The van der Waals surface area contributed by atoms with E-state index in [0.29, 0.717) is 41.3 Å². The molecule has 1 aromatic heterocycles. The fourth-order valence-corrected chi connectivity index (χ4v) is 13.6. The number of carbonyl (C=O) groups is 2. The molecule has 5 aromatic carbocycles. The second kappa shape index (κ2) is 17.0. The molecule has 6 aromatic rings. The summed E-state index contributed by atoms with van der Waals surface area (Å²) >= 11 is 0. The number of amides is 2. The van der Waals surface area contributed by atoms with E-state index in [0.717, 1.165) is 28.1 Å². The van der Waals surface area contributed by atoms with Gasteiger partial charge in [-0.3, -0.25) is 14.3 Å². The summed E-state index contributed by atoms with van der Waals surface area (Å²) in [6.45, 7) is 7.54. The van der Waals surface area contributed by atoms with Crippen LogP contribution in [0.25, 0.3) is 0 Å². The molecular weight excluding hydrogens is 785 g/mol. The standard InChI is InChI=1S/C48H52N6O6Si/c1-31-45(61(4,5)39-21-18-37(58-2)19-22-39)44(24-25-53-29-42(51-52-53)40(30-55)33-11-7-6-8-12-33)60-48(31)41-27-38(59-3)20-23-43(41)54(47(48)57)28-32-10-9-13-36(26-32)50-46(56)34-14-16-35(49)17-15-34/h6-23,26-27,29,31,40,44-45,55H,24-25,28,30,49H2,1-5H3,(H,50,56)/t31-,40?,44+,45-,48+/m1/s1. The van der Waals surface area contributed by atoms with Crippen molar-refractivity contribution in [3.05, 3.63) is 155 Å². The number of methoxy groups -OCH3 is 2. The smallest absolute Gasteiger partial charge is 0.264 e. The van der Waals surface area contributed by atoms with Crippen molar-refractivity contribution in [3.8, 4) is 11.5 Å². The minimum atomic E-state index is -2.43. The van der Waals surface area contributed by atoms with E-state index in [9.17, 15) is 9.90 Å². The van der Waals surface area contributed by atoms with Crippen LogP contribution in [-0.2, 0) is 28.2 Å². The molecule has 2 aliphatic heterocycles. The summed E-state index contributed by atoms with van der Waals surface area (Å²) in [5, 5.41) is 23.6. The predicted molar refractivity (Wildman–Crippen MR) is 239 cm³/mol. The number of carbonyl (C=O) groups excluding carboxylic acids is 2. The Labute approximate surface area is 357 Å². The number of benzene rings is 5. The number of ether oxygens (including phenoxy) is 3. The number of aryl methyl sites for hydroxylation is 1. The first-order valence-corrected chi connectivity index (χ1v) is 23.7. The van der Waals surface area contributed by atoms with Crippen molar-refractivity contribution in [2.75, 3.05) is 36.8 Å². The van der Waals surface area contributed by atoms with E-state index < -0.39 is 13.7 Å². The molecule has 1 saturated heterocycles.